The van der Waals surface area contributed by atoms with Crippen LogP contribution >= 0.6 is 11.6 Å². The molecular formula is C16H16ClNO3. The van der Waals surface area contributed by atoms with Crippen molar-refractivity contribution in [2.24, 2.45) is 0 Å². The van der Waals surface area contributed by atoms with Gasteiger partial charge in [0.05, 0.1) is 17.0 Å². The number of hydrogen-bond acceptors (Lipinski definition) is 3. The van der Waals surface area contributed by atoms with Crippen LogP contribution in [0.3, 0.4) is 0 Å². The molecular weight excluding hydrogens is 290 g/mol. The first-order valence-electron chi connectivity index (χ1n) is 6.45. The number of phenols is 1. The lowest BCUT2D eigenvalue weighted by Crippen LogP contribution is -2.28. The highest BCUT2D eigenvalue weighted by atomic mass is 35.5. The third-order valence-electron chi connectivity index (χ3n) is 3.13. The van der Waals surface area contributed by atoms with E-state index in [-0.39, 0.29) is 23.1 Å². The number of halogens is 1. The van der Waals surface area contributed by atoms with Crippen molar-refractivity contribution >= 4 is 23.2 Å². The molecule has 0 saturated carbocycles. The normalized spacial score (nSPS) is 13.5. The fourth-order valence-electron chi connectivity index (χ4n) is 2.00. The maximum absolute atomic E-state index is 12.0. The lowest BCUT2D eigenvalue weighted by atomic mass is 9.92. The highest BCUT2D eigenvalue weighted by Gasteiger charge is 2.26. The number of carbonyl (C=O) groups excluding carboxylic acids is 1. The van der Waals surface area contributed by atoms with Gasteiger partial charge in [-0.05, 0) is 30.7 Å². The van der Waals surface area contributed by atoms with Crippen molar-refractivity contribution < 1.29 is 15.0 Å². The van der Waals surface area contributed by atoms with Gasteiger partial charge in [0.15, 0.2) is 0 Å². The minimum atomic E-state index is -1.26. The lowest BCUT2D eigenvalue weighted by molar-refractivity contribution is -0.120. The number of rotatable bonds is 4. The summed E-state index contributed by atoms with van der Waals surface area (Å²) < 4.78 is 0. The van der Waals surface area contributed by atoms with Gasteiger partial charge in [-0.25, -0.2) is 0 Å². The number of aliphatic hydroxyl groups is 1. The van der Waals surface area contributed by atoms with E-state index in [1.165, 1.54) is 18.2 Å². The predicted octanol–water partition coefficient (Wildman–Crippen LogP) is 3.28. The number of benzene rings is 2. The summed E-state index contributed by atoms with van der Waals surface area (Å²) in [5.74, 6) is -0.392. The number of aromatic hydroxyl groups is 1. The van der Waals surface area contributed by atoms with E-state index in [9.17, 15) is 15.0 Å². The summed E-state index contributed by atoms with van der Waals surface area (Å²) in [6.07, 6.45) is -0.0878. The maximum Gasteiger partial charge on any atom is 0.227 e. The molecule has 0 aliphatic carbocycles. The van der Waals surface area contributed by atoms with E-state index in [4.69, 9.17) is 11.6 Å². The Morgan fingerprint density at radius 1 is 1.24 bits per heavy atom. The Kier molecular flexibility index (Phi) is 4.50. The Morgan fingerprint density at radius 2 is 1.90 bits per heavy atom. The van der Waals surface area contributed by atoms with Gasteiger partial charge in [-0.1, -0.05) is 41.9 Å². The summed E-state index contributed by atoms with van der Waals surface area (Å²) in [6, 6.07) is 13.4. The quantitative estimate of drug-likeness (QED) is 0.759. The second kappa shape index (κ2) is 6.16. The van der Waals surface area contributed by atoms with Crippen LogP contribution in [-0.2, 0) is 10.4 Å². The number of phenolic OH excluding ortho intramolecular Hbond substituents is 1. The monoisotopic (exact) mass is 305 g/mol. The highest BCUT2D eigenvalue weighted by Crippen LogP contribution is 2.28. The van der Waals surface area contributed by atoms with Gasteiger partial charge >= 0.3 is 0 Å². The molecule has 0 heterocycles. The van der Waals surface area contributed by atoms with Crippen LogP contribution in [-0.4, -0.2) is 16.1 Å². The molecule has 0 bridgehead atoms. The van der Waals surface area contributed by atoms with Crippen LogP contribution in [0, 0.1) is 0 Å². The molecule has 0 radical (unpaired) electrons. The molecule has 1 amide bonds. The zero-order valence-electron chi connectivity index (χ0n) is 11.5. The van der Waals surface area contributed by atoms with Crippen molar-refractivity contribution in [3.63, 3.8) is 0 Å². The predicted molar refractivity (Wildman–Crippen MR) is 82.4 cm³/mol. The van der Waals surface area contributed by atoms with E-state index in [2.05, 4.69) is 5.32 Å². The van der Waals surface area contributed by atoms with E-state index in [1.807, 2.05) is 6.07 Å². The van der Waals surface area contributed by atoms with Gasteiger partial charge in [-0.3, -0.25) is 4.79 Å². The van der Waals surface area contributed by atoms with Gasteiger partial charge in [0, 0.05) is 5.69 Å². The lowest BCUT2D eigenvalue weighted by Gasteiger charge is -2.23. The molecule has 2 rings (SSSR count). The Labute approximate surface area is 128 Å². The molecule has 110 valence electrons. The smallest absolute Gasteiger partial charge is 0.227 e. The Balaban J connectivity index is 2.06. The third-order valence-corrected chi connectivity index (χ3v) is 3.43. The van der Waals surface area contributed by atoms with Gasteiger partial charge in [-0.2, -0.15) is 0 Å². The molecule has 0 aliphatic heterocycles. The molecule has 4 nitrogen and oxygen atoms in total. The third kappa shape index (κ3) is 3.97. The molecule has 1 unspecified atom stereocenters. The minimum Gasteiger partial charge on any atom is -0.506 e. The van der Waals surface area contributed by atoms with E-state index in [0.29, 0.717) is 11.3 Å². The van der Waals surface area contributed by atoms with Crippen LogP contribution in [0.4, 0.5) is 5.69 Å². The Hall–Kier alpha value is -2.04. The maximum atomic E-state index is 12.0. The molecule has 0 spiro atoms. The van der Waals surface area contributed by atoms with Crippen molar-refractivity contribution in [1.82, 2.24) is 0 Å². The van der Waals surface area contributed by atoms with Crippen LogP contribution in [0.2, 0.25) is 5.02 Å². The zero-order valence-corrected chi connectivity index (χ0v) is 12.3. The van der Waals surface area contributed by atoms with Crippen molar-refractivity contribution in [3.05, 3.63) is 59.1 Å². The highest BCUT2D eigenvalue weighted by molar-refractivity contribution is 6.32. The van der Waals surface area contributed by atoms with Crippen LogP contribution in [0.5, 0.6) is 5.75 Å². The summed E-state index contributed by atoms with van der Waals surface area (Å²) in [7, 11) is 0. The fraction of sp³-hybridized carbons (Fsp3) is 0.188. The number of anilines is 1. The summed E-state index contributed by atoms with van der Waals surface area (Å²) >= 11 is 5.78. The molecule has 2 aromatic rings. The van der Waals surface area contributed by atoms with Crippen molar-refractivity contribution in [2.75, 3.05) is 5.32 Å². The summed E-state index contributed by atoms with van der Waals surface area (Å²) in [5, 5.41) is 22.5. The first-order valence-corrected chi connectivity index (χ1v) is 6.82. The van der Waals surface area contributed by atoms with Gasteiger partial charge in [0.1, 0.15) is 5.75 Å². The standard InChI is InChI=1S/C16H16ClNO3/c1-16(21,11-5-3-2-4-6-11)10-15(20)18-12-7-8-14(19)13(17)9-12/h2-9,19,21H,10H2,1H3,(H,18,20). The number of nitrogens with one attached hydrogen (secondary N) is 1. The second-order valence-electron chi connectivity index (χ2n) is 5.03. The van der Waals surface area contributed by atoms with Crippen LogP contribution in [0.1, 0.15) is 18.9 Å². The van der Waals surface area contributed by atoms with Gasteiger partial charge in [0.2, 0.25) is 5.91 Å². The zero-order chi connectivity index (χ0) is 15.5. The van der Waals surface area contributed by atoms with Crippen LogP contribution in [0.15, 0.2) is 48.5 Å². The average molecular weight is 306 g/mol. The second-order valence-corrected chi connectivity index (χ2v) is 5.44. The minimum absolute atomic E-state index is 0.0500. The van der Waals surface area contributed by atoms with Gasteiger partial charge in [0.25, 0.3) is 0 Å². The number of amides is 1. The molecule has 3 N–H and O–H groups in total. The molecule has 0 aliphatic rings. The molecule has 0 saturated heterocycles. The van der Waals surface area contributed by atoms with Crippen molar-refractivity contribution in [2.45, 2.75) is 18.9 Å². The SMILES string of the molecule is CC(O)(CC(=O)Nc1ccc(O)c(Cl)c1)c1ccccc1. The van der Waals surface area contributed by atoms with Gasteiger partial charge < -0.3 is 15.5 Å². The largest absolute Gasteiger partial charge is 0.506 e. The molecule has 21 heavy (non-hydrogen) atoms. The van der Waals surface area contributed by atoms with Crippen molar-refractivity contribution in [1.29, 1.82) is 0 Å². The molecule has 1 atom stereocenters. The first-order chi connectivity index (χ1) is 9.88. The van der Waals surface area contributed by atoms with Crippen LogP contribution < -0.4 is 5.32 Å². The topological polar surface area (TPSA) is 69.6 Å². The molecule has 0 fully saturated rings. The van der Waals surface area contributed by atoms with E-state index < -0.39 is 5.60 Å². The average Bonchev–Trinajstić information content (AvgIpc) is 2.43. The van der Waals surface area contributed by atoms with E-state index in [1.54, 1.807) is 31.2 Å². The first kappa shape index (κ1) is 15.4. The van der Waals surface area contributed by atoms with Gasteiger partial charge in [-0.15, -0.1) is 0 Å². The van der Waals surface area contributed by atoms with Crippen molar-refractivity contribution in [3.8, 4) is 5.75 Å². The molecule has 2 aromatic carbocycles. The van der Waals surface area contributed by atoms with Crippen LogP contribution in [0.25, 0.3) is 0 Å². The van der Waals surface area contributed by atoms with E-state index >= 15 is 0 Å². The summed E-state index contributed by atoms with van der Waals surface area (Å²) in [5.41, 5.74) is -0.123. The Bertz CT molecular complexity index is 641. The number of hydrogen-bond donors (Lipinski definition) is 3. The summed E-state index contributed by atoms with van der Waals surface area (Å²) in [4.78, 5) is 12.0. The molecule has 0 aromatic heterocycles. The molecule has 5 heteroatoms. The fourth-order valence-corrected chi connectivity index (χ4v) is 2.18. The summed E-state index contributed by atoms with van der Waals surface area (Å²) in [6.45, 7) is 1.59. The Morgan fingerprint density at radius 3 is 2.52 bits per heavy atom. The van der Waals surface area contributed by atoms with E-state index in [0.717, 1.165) is 0 Å². The number of carbonyl (C=O) groups is 1.